The van der Waals surface area contributed by atoms with Gasteiger partial charge in [-0.2, -0.15) is 5.10 Å². The number of piperidine rings is 1. The van der Waals surface area contributed by atoms with Gasteiger partial charge in [-0.1, -0.05) is 0 Å². The number of hydrogen-bond donors (Lipinski definition) is 3. The van der Waals surface area contributed by atoms with Crippen LogP contribution in [0, 0.1) is 5.82 Å². The maximum atomic E-state index is 15.6. The molecule has 36 heavy (non-hydrogen) atoms. The third-order valence-electron chi connectivity index (χ3n) is 6.63. The maximum Gasteiger partial charge on any atom is 0.261 e. The van der Waals surface area contributed by atoms with Gasteiger partial charge in [-0.15, -0.1) is 0 Å². The van der Waals surface area contributed by atoms with Crippen LogP contribution in [-0.2, 0) is 7.05 Å². The number of aromatic amines is 2. The first-order valence-electron chi connectivity index (χ1n) is 12.1. The zero-order chi connectivity index (χ0) is 24.8. The minimum absolute atomic E-state index is 0.249. The second-order valence-electron chi connectivity index (χ2n) is 9.17. The summed E-state index contributed by atoms with van der Waals surface area (Å²) in [6.45, 7) is 3.55. The minimum Gasteiger partial charge on any atom is -0.373 e. The molecule has 1 fully saturated rings. The second-order valence-corrected chi connectivity index (χ2v) is 9.17. The molecule has 5 heterocycles. The van der Waals surface area contributed by atoms with E-state index in [9.17, 15) is 4.79 Å². The van der Waals surface area contributed by atoms with E-state index in [0.29, 0.717) is 33.7 Å². The first-order valence-corrected chi connectivity index (χ1v) is 12.1. The Bertz CT molecular complexity index is 1620. The van der Waals surface area contributed by atoms with Crippen molar-refractivity contribution in [2.24, 2.45) is 7.05 Å². The number of pyridine rings is 1. The fraction of sp³-hybridized carbons (Fsp3) is 0.320. The van der Waals surface area contributed by atoms with Crippen molar-refractivity contribution >= 4 is 33.4 Å². The summed E-state index contributed by atoms with van der Waals surface area (Å²) in [5.41, 5.74) is 2.78. The lowest BCUT2D eigenvalue weighted by molar-refractivity contribution is 0.559. The molecule has 0 amide bonds. The zero-order valence-corrected chi connectivity index (χ0v) is 20.0. The number of imidazole rings is 1. The van der Waals surface area contributed by atoms with Crippen molar-refractivity contribution in [1.82, 2.24) is 34.7 Å². The Morgan fingerprint density at radius 1 is 1.11 bits per heavy atom. The summed E-state index contributed by atoms with van der Waals surface area (Å²) >= 11 is 0. The summed E-state index contributed by atoms with van der Waals surface area (Å²) in [5.74, 6) is 0.468. The van der Waals surface area contributed by atoms with Crippen molar-refractivity contribution in [3.8, 4) is 11.4 Å². The normalized spacial score (nSPS) is 15.0. The fourth-order valence-electron chi connectivity index (χ4n) is 4.89. The van der Waals surface area contributed by atoms with Crippen molar-refractivity contribution in [3.63, 3.8) is 0 Å². The summed E-state index contributed by atoms with van der Waals surface area (Å²) in [5, 5.41) is 7.92. The summed E-state index contributed by atoms with van der Waals surface area (Å²) in [6, 6.07) is 4.98. The van der Waals surface area contributed by atoms with E-state index in [2.05, 4.69) is 40.2 Å². The number of fused-ring (bicyclic) bond motifs is 2. The number of rotatable bonds is 5. The lowest BCUT2D eigenvalue weighted by Crippen LogP contribution is -2.30. The summed E-state index contributed by atoms with van der Waals surface area (Å²) in [4.78, 5) is 34.6. The SMILES string of the molecule is C[C@H](Nc1c(-c2nc3ccc(N4CCCCC4)c(F)c3[nH]2)c(=O)[nH]c2cn(C)nc12)c1ncccn1. The van der Waals surface area contributed by atoms with Crippen LogP contribution in [0.4, 0.5) is 15.8 Å². The van der Waals surface area contributed by atoms with Crippen LogP contribution in [-0.4, -0.2) is 47.8 Å². The number of benzene rings is 1. The second kappa shape index (κ2) is 8.74. The molecular weight excluding hydrogens is 461 g/mol. The first kappa shape index (κ1) is 22.2. The number of halogens is 1. The van der Waals surface area contributed by atoms with Crippen LogP contribution in [0.1, 0.15) is 38.1 Å². The molecule has 0 radical (unpaired) electrons. The molecule has 6 rings (SSSR count). The Balaban J connectivity index is 1.50. The third-order valence-corrected chi connectivity index (χ3v) is 6.63. The molecule has 0 saturated carbocycles. The molecule has 5 aromatic rings. The van der Waals surface area contributed by atoms with E-state index in [-0.39, 0.29) is 34.3 Å². The van der Waals surface area contributed by atoms with E-state index < -0.39 is 0 Å². The van der Waals surface area contributed by atoms with E-state index in [1.54, 1.807) is 48.5 Å². The van der Waals surface area contributed by atoms with Crippen molar-refractivity contribution in [2.75, 3.05) is 23.3 Å². The van der Waals surface area contributed by atoms with Crippen molar-refractivity contribution in [3.05, 3.63) is 58.8 Å². The molecule has 1 atom stereocenters. The monoisotopic (exact) mass is 487 g/mol. The highest BCUT2D eigenvalue weighted by Crippen LogP contribution is 2.34. The zero-order valence-electron chi connectivity index (χ0n) is 20.0. The van der Waals surface area contributed by atoms with Gasteiger partial charge in [-0.25, -0.2) is 19.3 Å². The molecule has 10 nitrogen and oxygen atoms in total. The average Bonchev–Trinajstić information content (AvgIpc) is 3.48. The van der Waals surface area contributed by atoms with Crippen LogP contribution < -0.4 is 15.8 Å². The van der Waals surface area contributed by atoms with Gasteiger partial charge < -0.3 is 20.2 Å². The molecule has 1 aliphatic heterocycles. The molecule has 4 aromatic heterocycles. The van der Waals surface area contributed by atoms with Crippen LogP contribution in [0.3, 0.4) is 0 Å². The number of anilines is 2. The summed E-state index contributed by atoms with van der Waals surface area (Å²) in [6.07, 6.45) is 8.32. The van der Waals surface area contributed by atoms with E-state index in [0.717, 1.165) is 32.4 Å². The standard InChI is InChI=1S/C25H26FN9O/c1-14(23-27-9-6-10-28-23)29-22-18(25(36)31-16-13-34(2)33-21(16)22)24-30-15-7-8-17(19(26)20(15)32-24)35-11-4-3-5-12-35/h6-10,13-14,29H,3-5,11-12H2,1-2H3,(H,30,32)(H,31,36)/t14-/m0/s1. The molecule has 3 N–H and O–H groups in total. The van der Waals surface area contributed by atoms with Gasteiger partial charge in [-0.05, 0) is 44.4 Å². The molecule has 184 valence electrons. The smallest absolute Gasteiger partial charge is 0.261 e. The van der Waals surface area contributed by atoms with Crippen LogP contribution in [0.25, 0.3) is 33.5 Å². The third kappa shape index (κ3) is 3.76. The maximum absolute atomic E-state index is 15.6. The Labute approximate surface area is 205 Å². The number of nitrogens with zero attached hydrogens (tertiary/aromatic N) is 6. The molecule has 0 spiro atoms. The predicted molar refractivity (Wildman–Crippen MR) is 137 cm³/mol. The molecule has 1 saturated heterocycles. The van der Waals surface area contributed by atoms with Crippen molar-refractivity contribution < 1.29 is 4.39 Å². The van der Waals surface area contributed by atoms with Gasteiger partial charge in [0.1, 0.15) is 28.2 Å². The van der Waals surface area contributed by atoms with Gasteiger partial charge in [0.2, 0.25) is 0 Å². The summed E-state index contributed by atoms with van der Waals surface area (Å²) in [7, 11) is 1.78. The van der Waals surface area contributed by atoms with E-state index >= 15 is 4.39 Å². The van der Waals surface area contributed by atoms with Crippen LogP contribution in [0.2, 0.25) is 0 Å². The number of aryl methyl sites for hydroxylation is 1. The van der Waals surface area contributed by atoms with Crippen molar-refractivity contribution in [2.45, 2.75) is 32.2 Å². The largest absolute Gasteiger partial charge is 0.373 e. The number of hydrogen-bond acceptors (Lipinski definition) is 7. The van der Waals surface area contributed by atoms with E-state index in [1.165, 1.54) is 0 Å². The Hall–Kier alpha value is -4.28. The molecule has 1 aliphatic rings. The van der Waals surface area contributed by atoms with Gasteiger partial charge in [0.05, 0.1) is 28.5 Å². The van der Waals surface area contributed by atoms with E-state index in [1.807, 2.05) is 6.92 Å². The molecule has 0 bridgehead atoms. The molecule has 0 unspecified atom stereocenters. The lowest BCUT2D eigenvalue weighted by atomic mass is 10.1. The highest BCUT2D eigenvalue weighted by Gasteiger charge is 2.24. The predicted octanol–water partition coefficient (Wildman–Crippen LogP) is 3.90. The minimum atomic E-state index is -0.366. The van der Waals surface area contributed by atoms with Crippen LogP contribution >= 0.6 is 0 Å². The molecule has 0 aliphatic carbocycles. The van der Waals surface area contributed by atoms with Crippen LogP contribution in [0.5, 0.6) is 0 Å². The van der Waals surface area contributed by atoms with Crippen LogP contribution in [0.15, 0.2) is 41.6 Å². The van der Waals surface area contributed by atoms with Crippen molar-refractivity contribution in [1.29, 1.82) is 0 Å². The number of aromatic nitrogens is 7. The topological polar surface area (TPSA) is 120 Å². The fourth-order valence-corrected chi connectivity index (χ4v) is 4.89. The molecular formula is C25H26FN9O. The Morgan fingerprint density at radius 3 is 2.67 bits per heavy atom. The van der Waals surface area contributed by atoms with Gasteiger partial charge in [0.15, 0.2) is 5.82 Å². The van der Waals surface area contributed by atoms with Gasteiger partial charge in [0.25, 0.3) is 5.56 Å². The number of H-pyrrole nitrogens is 2. The average molecular weight is 488 g/mol. The van der Waals surface area contributed by atoms with E-state index in [4.69, 9.17) is 0 Å². The quantitative estimate of drug-likeness (QED) is 0.344. The first-order chi connectivity index (χ1) is 17.5. The molecule has 1 aromatic carbocycles. The highest BCUT2D eigenvalue weighted by atomic mass is 19.1. The van der Waals surface area contributed by atoms with Gasteiger partial charge in [0, 0.05) is 38.7 Å². The van der Waals surface area contributed by atoms with Gasteiger partial charge in [-0.3, -0.25) is 9.48 Å². The highest BCUT2D eigenvalue weighted by molar-refractivity contribution is 5.97. The Kier molecular flexibility index (Phi) is 5.39. The summed E-state index contributed by atoms with van der Waals surface area (Å²) < 4.78 is 17.3. The lowest BCUT2D eigenvalue weighted by Gasteiger charge is -2.29. The number of nitrogens with one attached hydrogen (secondary N) is 3. The Morgan fingerprint density at radius 2 is 1.89 bits per heavy atom. The molecule has 11 heteroatoms. The van der Waals surface area contributed by atoms with Gasteiger partial charge >= 0.3 is 0 Å².